The van der Waals surface area contributed by atoms with E-state index in [0.29, 0.717) is 17.0 Å². The molecule has 0 unspecified atom stereocenters. The Bertz CT molecular complexity index is 1000. The Hall–Kier alpha value is -2.02. The van der Waals surface area contributed by atoms with Gasteiger partial charge in [-0.1, -0.05) is 20.8 Å². The third kappa shape index (κ3) is 2.44. The minimum absolute atomic E-state index is 0.163. The number of aliphatic hydroxyl groups is 1. The summed E-state index contributed by atoms with van der Waals surface area (Å²) in [4.78, 5) is 20.7. The van der Waals surface area contributed by atoms with Crippen molar-refractivity contribution in [2.45, 2.75) is 33.0 Å². The van der Waals surface area contributed by atoms with Gasteiger partial charge in [0.1, 0.15) is 10.3 Å². The maximum Gasteiger partial charge on any atom is 0.266 e. The van der Waals surface area contributed by atoms with Gasteiger partial charge in [-0.3, -0.25) is 9.78 Å². The highest BCUT2D eigenvalue weighted by molar-refractivity contribution is 7.22. The second-order valence-corrected chi connectivity index (χ2v) is 8.55. The molecule has 3 aromatic rings. The van der Waals surface area contributed by atoms with E-state index in [1.165, 1.54) is 11.3 Å². The van der Waals surface area contributed by atoms with Crippen LogP contribution in [0.3, 0.4) is 0 Å². The first-order valence-electron chi connectivity index (χ1n) is 8.21. The van der Waals surface area contributed by atoms with E-state index in [1.807, 2.05) is 39.0 Å². The number of H-pyrrole nitrogens is 1. The van der Waals surface area contributed by atoms with E-state index >= 15 is 0 Å². The van der Waals surface area contributed by atoms with Gasteiger partial charge in [0, 0.05) is 28.2 Å². The second-order valence-electron chi connectivity index (χ2n) is 7.50. The quantitative estimate of drug-likeness (QED) is 0.701. The molecule has 3 aromatic heterocycles. The van der Waals surface area contributed by atoms with Crippen LogP contribution in [0.15, 0.2) is 35.4 Å². The summed E-state index contributed by atoms with van der Waals surface area (Å²) in [6, 6.07) is 5.86. The molecule has 130 valence electrons. The standard InChI is InChI=1S/C19H20N2O3S/c1-18(2,3)19(23)10-24-9-13-12-8-14(11-4-6-20-7-5-11)25-15(12)17(22)21-16(13)19/h4-8,23H,9-10H2,1-3H3,(H,21,22)/t19-/m1/s1. The molecule has 0 saturated heterocycles. The summed E-state index contributed by atoms with van der Waals surface area (Å²) in [5, 5.41) is 12.1. The van der Waals surface area contributed by atoms with Gasteiger partial charge in [-0.05, 0) is 29.2 Å². The van der Waals surface area contributed by atoms with Crippen molar-refractivity contribution in [3.05, 3.63) is 52.2 Å². The Morgan fingerprint density at radius 3 is 2.72 bits per heavy atom. The lowest BCUT2D eigenvalue weighted by molar-refractivity contribution is -0.139. The van der Waals surface area contributed by atoms with E-state index in [4.69, 9.17) is 4.74 Å². The number of hydrogen-bond acceptors (Lipinski definition) is 5. The Balaban J connectivity index is 2.00. The number of pyridine rings is 2. The molecule has 1 aliphatic rings. The highest BCUT2D eigenvalue weighted by Gasteiger charge is 2.47. The van der Waals surface area contributed by atoms with E-state index < -0.39 is 11.0 Å². The Kier molecular flexibility index (Phi) is 3.61. The van der Waals surface area contributed by atoms with Crippen LogP contribution in [0.1, 0.15) is 32.0 Å². The third-order valence-corrected chi connectivity index (χ3v) is 6.16. The van der Waals surface area contributed by atoms with Crippen molar-refractivity contribution in [2.75, 3.05) is 6.61 Å². The zero-order valence-corrected chi connectivity index (χ0v) is 15.2. The summed E-state index contributed by atoms with van der Waals surface area (Å²) in [5.74, 6) is 0. The smallest absolute Gasteiger partial charge is 0.266 e. The van der Waals surface area contributed by atoms with Crippen LogP contribution in [0.2, 0.25) is 0 Å². The number of aromatic amines is 1. The first kappa shape index (κ1) is 16.4. The molecule has 1 atom stereocenters. The number of nitrogens with one attached hydrogen (secondary N) is 1. The van der Waals surface area contributed by atoms with Gasteiger partial charge < -0.3 is 14.8 Å². The second kappa shape index (κ2) is 5.49. The van der Waals surface area contributed by atoms with Gasteiger partial charge in [0.05, 0.1) is 18.9 Å². The minimum Gasteiger partial charge on any atom is -0.381 e. The molecule has 5 nitrogen and oxygen atoms in total. The first-order chi connectivity index (χ1) is 11.8. The number of fused-ring (bicyclic) bond motifs is 3. The summed E-state index contributed by atoms with van der Waals surface area (Å²) >= 11 is 1.45. The molecule has 0 radical (unpaired) electrons. The predicted molar refractivity (Wildman–Crippen MR) is 98.7 cm³/mol. The monoisotopic (exact) mass is 356 g/mol. The van der Waals surface area contributed by atoms with Crippen LogP contribution in [0, 0.1) is 5.41 Å². The molecule has 25 heavy (non-hydrogen) atoms. The highest BCUT2D eigenvalue weighted by Crippen LogP contribution is 2.45. The molecule has 6 heteroatoms. The molecular formula is C19H20N2O3S. The summed E-state index contributed by atoms with van der Waals surface area (Å²) in [6.45, 7) is 6.40. The van der Waals surface area contributed by atoms with Gasteiger partial charge in [-0.25, -0.2) is 0 Å². The van der Waals surface area contributed by atoms with Gasteiger partial charge in [0.25, 0.3) is 5.56 Å². The highest BCUT2D eigenvalue weighted by atomic mass is 32.1. The fourth-order valence-corrected chi connectivity index (χ4v) is 4.38. The maximum absolute atomic E-state index is 12.7. The zero-order chi connectivity index (χ0) is 17.8. The van der Waals surface area contributed by atoms with E-state index in [1.54, 1.807) is 12.4 Å². The topological polar surface area (TPSA) is 75.2 Å². The van der Waals surface area contributed by atoms with Crippen molar-refractivity contribution in [1.82, 2.24) is 9.97 Å². The summed E-state index contributed by atoms with van der Waals surface area (Å²) in [5.41, 5.74) is 0.614. The van der Waals surface area contributed by atoms with Gasteiger partial charge >= 0.3 is 0 Å². The van der Waals surface area contributed by atoms with Crippen LogP contribution in [-0.2, 0) is 16.9 Å². The molecule has 4 rings (SSSR count). The molecule has 0 fully saturated rings. The lowest BCUT2D eigenvalue weighted by Gasteiger charge is -2.43. The molecule has 0 aromatic carbocycles. The number of rotatable bonds is 1. The van der Waals surface area contributed by atoms with E-state index in [-0.39, 0.29) is 12.2 Å². The first-order valence-corrected chi connectivity index (χ1v) is 9.02. The number of ether oxygens (including phenoxy) is 1. The summed E-state index contributed by atoms with van der Waals surface area (Å²) in [7, 11) is 0. The van der Waals surface area contributed by atoms with Gasteiger partial charge in [-0.2, -0.15) is 0 Å². The molecule has 0 bridgehead atoms. The molecule has 0 spiro atoms. The SMILES string of the molecule is CC(C)(C)[C@@]1(O)COCc2c1[nH]c(=O)c1sc(-c3ccncc3)cc21. The number of aromatic nitrogens is 2. The van der Waals surface area contributed by atoms with Crippen molar-refractivity contribution >= 4 is 21.4 Å². The molecule has 2 N–H and O–H groups in total. The summed E-state index contributed by atoms with van der Waals surface area (Å²) in [6.07, 6.45) is 3.47. The van der Waals surface area contributed by atoms with Gasteiger partial charge in [-0.15, -0.1) is 11.3 Å². The van der Waals surface area contributed by atoms with Crippen molar-refractivity contribution in [3.8, 4) is 10.4 Å². The number of hydrogen-bond donors (Lipinski definition) is 2. The lowest BCUT2D eigenvalue weighted by atomic mass is 9.72. The zero-order valence-electron chi connectivity index (χ0n) is 14.4. The lowest BCUT2D eigenvalue weighted by Crippen LogP contribution is -2.48. The van der Waals surface area contributed by atoms with Crippen molar-refractivity contribution in [1.29, 1.82) is 0 Å². The predicted octanol–water partition coefficient (Wildman–Crippen LogP) is 3.42. The fourth-order valence-electron chi connectivity index (χ4n) is 3.29. The average molecular weight is 356 g/mol. The van der Waals surface area contributed by atoms with E-state index in [9.17, 15) is 9.90 Å². The maximum atomic E-state index is 12.7. The third-order valence-electron chi connectivity index (χ3n) is 4.98. The van der Waals surface area contributed by atoms with Crippen LogP contribution in [-0.4, -0.2) is 21.7 Å². The van der Waals surface area contributed by atoms with E-state index in [0.717, 1.165) is 21.4 Å². The largest absolute Gasteiger partial charge is 0.381 e. The molecule has 0 aliphatic carbocycles. The Morgan fingerprint density at radius 2 is 2.04 bits per heavy atom. The number of nitrogens with zero attached hydrogens (tertiary/aromatic N) is 1. The van der Waals surface area contributed by atoms with Crippen LogP contribution >= 0.6 is 11.3 Å². The molecular weight excluding hydrogens is 336 g/mol. The number of thiophene rings is 1. The van der Waals surface area contributed by atoms with Crippen molar-refractivity contribution in [3.63, 3.8) is 0 Å². The molecule has 0 saturated carbocycles. The molecule has 4 heterocycles. The van der Waals surface area contributed by atoms with Crippen LogP contribution < -0.4 is 5.56 Å². The Morgan fingerprint density at radius 1 is 1.32 bits per heavy atom. The molecule has 0 amide bonds. The van der Waals surface area contributed by atoms with Crippen LogP contribution in [0.5, 0.6) is 0 Å². The summed E-state index contributed by atoms with van der Waals surface area (Å²) < 4.78 is 6.38. The van der Waals surface area contributed by atoms with Crippen molar-refractivity contribution in [2.24, 2.45) is 5.41 Å². The molecule has 1 aliphatic heterocycles. The van der Waals surface area contributed by atoms with E-state index in [2.05, 4.69) is 9.97 Å². The van der Waals surface area contributed by atoms with Gasteiger partial charge in [0.2, 0.25) is 0 Å². The van der Waals surface area contributed by atoms with Crippen LogP contribution in [0.25, 0.3) is 20.5 Å². The van der Waals surface area contributed by atoms with Crippen molar-refractivity contribution < 1.29 is 9.84 Å². The van der Waals surface area contributed by atoms with Crippen LogP contribution in [0.4, 0.5) is 0 Å². The minimum atomic E-state index is -1.23. The fraction of sp³-hybridized carbons (Fsp3) is 0.368. The Labute approximate surface area is 149 Å². The van der Waals surface area contributed by atoms with Gasteiger partial charge in [0.15, 0.2) is 0 Å². The average Bonchev–Trinajstić information content (AvgIpc) is 3.02. The normalized spacial score (nSPS) is 20.6.